The van der Waals surface area contributed by atoms with Crippen LogP contribution >= 0.6 is 0 Å². The lowest BCUT2D eigenvalue weighted by Gasteiger charge is -2.29. The summed E-state index contributed by atoms with van der Waals surface area (Å²) in [5, 5.41) is 5.92. The van der Waals surface area contributed by atoms with Crippen LogP contribution in [0.4, 0.5) is 30.8 Å². The Hall–Kier alpha value is -5.29. The summed E-state index contributed by atoms with van der Waals surface area (Å²) in [6.07, 6.45) is 3.23. The first-order valence-electron chi connectivity index (χ1n) is 14.0. The van der Waals surface area contributed by atoms with Gasteiger partial charge in [-0.3, -0.25) is 9.78 Å². The van der Waals surface area contributed by atoms with Crippen LogP contribution in [0.15, 0.2) is 79.1 Å². The van der Waals surface area contributed by atoms with Gasteiger partial charge in [0.15, 0.2) is 5.82 Å². The number of hydrogen-bond donors (Lipinski definition) is 2. The van der Waals surface area contributed by atoms with E-state index in [4.69, 9.17) is 14.7 Å². The Balaban J connectivity index is 1.26. The summed E-state index contributed by atoms with van der Waals surface area (Å²) in [6.45, 7) is 3.68. The summed E-state index contributed by atoms with van der Waals surface area (Å²) in [4.78, 5) is 39.7. The number of carbonyl (C=O) groups is 2. The lowest BCUT2D eigenvalue weighted by molar-refractivity contribution is -0.116. The van der Waals surface area contributed by atoms with Gasteiger partial charge in [0.1, 0.15) is 23.2 Å². The van der Waals surface area contributed by atoms with E-state index in [2.05, 4.69) is 20.5 Å². The summed E-state index contributed by atoms with van der Waals surface area (Å²) >= 11 is 0. The fourth-order valence-electron chi connectivity index (χ4n) is 5.05. The Morgan fingerprint density at radius 3 is 2.34 bits per heavy atom. The molecule has 1 aliphatic heterocycles. The molecule has 3 aromatic carbocycles. The van der Waals surface area contributed by atoms with Gasteiger partial charge in [0.2, 0.25) is 0 Å². The van der Waals surface area contributed by atoms with Gasteiger partial charge in [0.25, 0.3) is 0 Å². The van der Waals surface area contributed by atoms with E-state index >= 15 is 4.39 Å². The number of aromatic nitrogens is 3. The van der Waals surface area contributed by atoms with E-state index in [0.29, 0.717) is 71.2 Å². The number of anilines is 3. The molecule has 0 radical (unpaired) electrons. The number of carbonyl (C=O) groups excluding carboxylic acids is 2. The molecule has 6 rings (SSSR count). The highest BCUT2D eigenvalue weighted by atomic mass is 19.1. The van der Waals surface area contributed by atoms with Crippen molar-refractivity contribution in [2.75, 3.05) is 41.8 Å². The summed E-state index contributed by atoms with van der Waals surface area (Å²) in [5.74, 6) is -0.0437. The highest BCUT2D eigenvalue weighted by Crippen LogP contribution is 2.33. The van der Waals surface area contributed by atoms with Gasteiger partial charge in [-0.05, 0) is 67.1 Å². The van der Waals surface area contributed by atoms with Crippen molar-refractivity contribution in [1.82, 2.24) is 15.0 Å². The van der Waals surface area contributed by atoms with Gasteiger partial charge in [-0.1, -0.05) is 12.1 Å². The fraction of sp³-hybridized carbons (Fsp3) is 0.182. The first-order valence-corrected chi connectivity index (χ1v) is 14.0. The van der Waals surface area contributed by atoms with Gasteiger partial charge in [-0.25, -0.2) is 23.5 Å². The molecule has 0 aliphatic carbocycles. The molecule has 5 aromatic rings. The normalized spacial score (nSPS) is 13.1. The van der Waals surface area contributed by atoms with E-state index in [-0.39, 0.29) is 29.3 Å². The molecule has 9 nitrogen and oxygen atoms in total. The third-order valence-electron chi connectivity index (χ3n) is 7.20. The van der Waals surface area contributed by atoms with E-state index in [1.54, 1.807) is 60.9 Å². The maximum Gasteiger partial charge on any atom is 0.323 e. The van der Waals surface area contributed by atoms with Crippen molar-refractivity contribution in [3.8, 4) is 22.5 Å². The smallest absolute Gasteiger partial charge is 0.323 e. The maximum atomic E-state index is 15.3. The zero-order chi connectivity index (χ0) is 30.6. The molecule has 0 spiro atoms. The lowest BCUT2D eigenvalue weighted by Crippen LogP contribution is -2.37. The van der Waals surface area contributed by atoms with Crippen LogP contribution in [0.5, 0.6) is 0 Å². The summed E-state index contributed by atoms with van der Waals surface area (Å²) in [5.41, 5.74) is 3.33. The van der Waals surface area contributed by atoms with Crippen LogP contribution in [-0.2, 0) is 16.0 Å². The van der Waals surface area contributed by atoms with Crippen LogP contribution in [-0.4, -0.2) is 53.1 Å². The van der Waals surface area contributed by atoms with Crippen LogP contribution in [0.2, 0.25) is 0 Å². The number of pyridine rings is 1. The van der Waals surface area contributed by atoms with Crippen molar-refractivity contribution in [3.63, 3.8) is 0 Å². The van der Waals surface area contributed by atoms with Crippen LogP contribution in [0, 0.1) is 11.6 Å². The highest BCUT2D eigenvalue weighted by molar-refractivity contribution is 6.00. The van der Waals surface area contributed by atoms with Gasteiger partial charge in [0.05, 0.1) is 18.7 Å². The number of morpholine rings is 1. The molecule has 2 N–H and O–H groups in total. The Morgan fingerprint density at radius 1 is 0.886 bits per heavy atom. The standard InChI is InChI=1S/C33H28F2N6O3/c1-20(42)15-22-6-9-25(16-28(22)34)38-33(43)37-24-7-4-21(5-8-24)31-39-30-18-26(23-3-2-10-36-19-23)29(35)17-27(30)32(40-31)41-11-13-44-14-12-41/h2-10,16-19H,11-15H2,1H3,(H2,37,38,43). The molecule has 11 heteroatoms. The quantitative estimate of drug-likeness (QED) is 0.229. The van der Waals surface area contributed by atoms with Gasteiger partial charge in [-0.15, -0.1) is 0 Å². The minimum absolute atomic E-state index is 0.0118. The molecule has 2 aromatic heterocycles. The SMILES string of the molecule is CC(=O)Cc1ccc(NC(=O)Nc2ccc(-c3nc(N4CCOCC4)c4cc(F)c(-c5cccnc5)cc4n3)cc2)cc1F. The van der Waals surface area contributed by atoms with Crippen molar-refractivity contribution < 1.29 is 23.1 Å². The zero-order valence-corrected chi connectivity index (χ0v) is 23.8. The molecule has 44 heavy (non-hydrogen) atoms. The molecule has 2 amide bonds. The molecule has 0 atom stereocenters. The first-order chi connectivity index (χ1) is 21.3. The summed E-state index contributed by atoms with van der Waals surface area (Å²) < 4.78 is 35.2. The number of urea groups is 1. The zero-order valence-electron chi connectivity index (χ0n) is 23.8. The van der Waals surface area contributed by atoms with Crippen LogP contribution < -0.4 is 15.5 Å². The molecule has 1 aliphatic rings. The molecule has 0 bridgehead atoms. The number of amides is 2. The van der Waals surface area contributed by atoms with Crippen LogP contribution in [0.1, 0.15) is 12.5 Å². The average Bonchev–Trinajstić information content (AvgIpc) is 3.02. The van der Waals surface area contributed by atoms with Crippen molar-refractivity contribution >= 4 is 39.9 Å². The number of nitrogens with zero attached hydrogens (tertiary/aromatic N) is 4. The first kappa shape index (κ1) is 28.8. The van der Waals surface area contributed by atoms with Crippen molar-refractivity contribution in [3.05, 3.63) is 96.3 Å². The molecular formula is C33H28F2N6O3. The molecule has 1 saturated heterocycles. The second-order valence-electron chi connectivity index (χ2n) is 10.4. The Morgan fingerprint density at radius 2 is 1.64 bits per heavy atom. The molecule has 0 saturated carbocycles. The number of rotatable bonds is 7. The number of ketones is 1. The largest absolute Gasteiger partial charge is 0.378 e. The van der Waals surface area contributed by atoms with Gasteiger partial charge < -0.3 is 20.3 Å². The minimum atomic E-state index is -0.565. The third kappa shape index (κ3) is 6.37. The molecule has 222 valence electrons. The van der Waals surface area contributed by atoms with E-state index < -0.39 is 11.8 Å². The lowest BCUT2D eigenvalue weighted by atomic mass is 10.0. The van der Waals surface area contributed by atoms with E-state index in [1.807, 2.05) is 0 Å². The third-order valence-corrected chi connectivity index (χ3v) is 7.20. The summed E-state index contributed by atoms with van der Waals surface area (Å²) in [6, 6.07) is 17.3. The predicted molar refractivity (Wildman–Crippen MR) is 165 cm³/mol. The number of nitrogens with one attached hydrogen (secondary N) is 2. The van der Waals surface area contributed by atoms with Crippen LogP contribution in [0.25, 0.3) is 33.4 Å². The Kier molecular flexibility index (Phi) is 8.20. The number of halogens is 2. The predicted octanol–water partition coefficient (Wildman–Crippen LogP) is 6.25. The van der Waals surface area contributed by atoms with E-state index in [9.17, 15) is 14.0 Å². The van der Waals surface area contributed by atoms with Crippen molar-refractivity contribution in [2.45, 2.75) is 13.3 Å². The summed E-state index contributed by atoms with van der Waals surface area (Å²) in [7, 11) is 0. The molecule has 3 heterocycles. The average molecular weight is 595 g/mol. The number of fused-ring (bicyclic) bond motifs is 1. The highest BCUT2D eigenvalue weighted by Gasteiger charge is 2.20. The second-order valence-corrected chi connectivity index (χ2v) is 10.4. The van der Waals surface area contributed by atoms with Crippen molar-refractivity contribution in [2.24, 2.45) is 0 Å². The number of Topliss-reactive ketones (excluding diaryl/α,β-unsaturated/α-hetero) is 1. The van der Waals surface area contributed by atoms with Gasteiger partial charge in [-0.2, -0.15) is 0 Å². The number of hydrogen-bond acceptors (Lipinski definition) is 7. The van der Waals surface area contributed by atoms with E-state index in [1.165, 1.54) is 25.1 Å². The Bertz CT molecular complexity index is 1850. The van der Waals surface area contributed by atoms with Gasteiger partial charge in [0, 0.05) is 65.4 Å². The van der Waals surface area contributed by atoms with E-state index in [0.717, 1.165) is 0 Å². The fourth-order valence-corrected chi connectivity index (χ4v) is 5.05. The second kappa shape index (κ2) is 12.5. The van der Waals surface area contributed by atoms with Crippen molar-refractivity contribution in [1.29, 1.82) is 0 Å². The monoisotopic (exact) mass is 594 g/mol. The Labute approximate surface area is 251 Å². The number of benzene rings is 3. The molecular weight excluding hydrogens is 566 g/mol. The minimum Gasteiger partial charge on any atom is -0.378 e. The molecule has 1 fully saturated rings. The number of ether oxygens (including phenoxy) is 1. The maximum absolute atomic E-state index is 15.3. The van der Waals surface area contributed by atoms with Gasteiger partial charge >= 0.3 is 6.03 Å². The molecule has 0 unspecified atom stereocenters. The topological polar surface area (TPSA) is 109 Å². The van der Waals surface area contributed by atoms with Crippen LogP contribution in [0.3, 0.4) is 0 Å².